The van der Waals surface area contributed by atoms with Crippen molar-refractivity contribution in [3.05, 3.63) is 41.2 Å². The summed E-state index contributed by atoms with van der Waals surface area (Å²) in [6, 6.07) is 7.92. The molecule has 0 atom stereocenters. The third kappa shape index (κ3) is 1.79. The van der Waals surface area contributed by atoms with Crippen molar-refractivity contribution >= 4 is 5.97 Å². The molecule has 0 bridgehead atoms. The molecule has 0 radical (unpaired) electrons. The summed E-state index contributed by atoms with van der Waals surface area (Å²) in [5.74, 6) is 0.0239. The van der Waals surface area contributed by atoms with Crippen molar-refractivity contribution in [1.29, 1.82) is 0 Å². The molecule has 0 saturated heterocycles. The topological polar surface area (TPSA) is 63.3 Å². The van der Waals surface area contributed by atoms with Crippen LogP contribution in [-0.4, -0.2) is 16.2 Å². The summed E-state index contributed by atoms with van der Waals surface area (Å²) in [5, 5.41) is 13.0. The summed E-state index contributed by atoms with van der Waals surface area (Å²) in [7, 11) is 0. The molecule has 1 aromatic carbocycles. The van der Waals surface area contributed by atoms with E-state index in [0.29, 0.717) is 17.4 Å². The molecule has 18 heavy (non-hydrogen) atoms. The fraction of sp³-hybridized carbons (Fsp3) is 0.286. The maximum Gasteiger partial charge on any atom is 0.341 e. The quantitative estimate of drug-likeness (QED) is 0.898. The van der Waals surface area contributed by atoms with Gasteiger partial charge < -0.3 is 9.63 Å². The number of nitrogens with zero attached hydrogens (tertiary/aromatic N) is 1. The first kappa shape index (κ1) is 11.0. The molecular formula is C14H13NO3. The van der Waals surface area contributed by atoms with Crippen LogP contribution in [-0.2, 0) is 0 Å². The SMILES string of the molecule is Cc1onc(-c2ccc(C3CC3)cc2)c1C(=O)O. The van der Waals surface area contributed by atoms with Crippen molar-refractivity contribution in [1.82, 2.24) is 5.16 Å². The van der Waals surface area contributed by atoms with Crippen LogP contribution in [0.2, 0.25) is 0 Å². The minimum atomic E-state index is -1.00. The zero-order valence-electron chi connectivity index (χ0n) is 10.0. The lowest BCUT2D eigenvalue weighted by atomic mass is 10.0. The van der Waals surface area contributed by atoms with E-state index in [1.807, 2.05) is 24.3 Å². The van der Waals surface area contributed by atoms with Crippen LogP contribution in [0.15, 0.2) is 28.8 Å². The van der Waals surface area contributed by atoms with Gasteiger partial charge in [-0.2, -0.15) is 0 Å². The number of carbonyl (C=O) groups is 1. The van der Waals surface area contributed by atoms with Crippen LogP contribution >= 0.6 is 0 Å². The predicted octanol–water partition coefficient (Wildman–Crippen LogP) is 3.23. The lowest BCUT2D eigenvalue weighted by molar-refractivity contribution is 0.0696. The second-order valence-electron chi connectivity index (χ2n) is 4.66. The maximum atomic E-state index is 11.2. The Bertz CT molecular complexity index is 594. The van der Waals surface area contributed by atoms with Crippen LogP contribution in [0.4, 0.5) is 0 Å². The van der Waals surface area contributed by atoms with Gasteiger partial charge in [-0.05, 0) is 31.2 Å². The van der Waals surface area contributed by atoms with E-state index in [1.54, 1.807) is 6.92 Å². The summed E-state index contributed by atoms with van der Waals surface area (Å²) in [5.41, 5.74) is 2.65. The highest BCUT2D eigenvalue weighted by Gasteiger charge is 2.24. The van der Waals surface area contributed by atoms with Gasteiger partial charge in [0, 0.05) is 5.56 Å². The van der Waals surface area contributed by atoms with Gasteiger partial charge in [-0.25, -0.2) is 4.79 Å². The van der Waals surface area contributed by atoms with Crippen molar-refractivity contribution in [3.63, 3.8) is 0 Å². The second-order valence-corrected chi connectivity index (χ2v) is 4.66. The Labute approximate surface area is 104 Å². The second kappa shape index (κ2) is 3.98. The number of benzene rings is 1. The van der Waals surface area contributed by atoms with Crippen molar-refractivity contribution in [2.45, 2.75) is 25.7 Å². The van der Waals surface area contributed by atoms with Crippen molar-refractivity contribution < 1.29 is 14.4 Å². The normalized spacial score (nSPS) is 14.7. The van der Waals surface area contributed by atoms with Gasteiger partial charge in [-0.3, -0.25) is 0 Å². The van der Waals surface area contributed by atoms with E-state index in [4.69, 9.17) is 9.63 Å². The molecular weight excluding hydrogens is 230 g/mol. The molecule has 1 aromatic heterocycles. The molecule has 3 rings (SSSR count). The molecule has 1 aliphatic rings. The summed E-state index contributed by atoms with van der Waals surface area (Å²) in [6.07, 6.45) is 2.51. The van der Waals surface area contributed by atoms with Gasteiger partial charge in [0.15, 0.2) is 0 Å². The van der Waals surface area contributed by atoms with Crippen LogP contribution < -0.4 is 0 Å². The zero-order chi connectivity index (χ0) is 12.7. The number of aryl methyl sites for hydroxylation is 1. The van der Waals surface area contributed by atoms with E-state index >= 15 is 0 Å². The average Bonchev–Trinajstić information content (AvgIpc) is 3.12. The number of aromatic nitrogens is 1. The highest BCUT2D eigenvalue weighted by atomic mass is 16.5. The molecule has 1 N–H and O–H groups in total. The monoisotopic (exact) mass is 243 g/mol. The van der Waals surface area contributed by atoms with E-state index in [0.717, 1.165) is 5.56 Å². The first-order valence-electron chi connectivity index (χ1n) is 5.96. The Morgan fingerprint density at radius 3 is 2.56 bits per heavy atom. The van der Waals surface area contributed by atoms with Crippen molar-refractivity contribution in [2.24, 2.45) is 0 Å². The van der Waals surface area contributed by atoms with Crippen LogP contribution in [0.25, 0.3) is 11.3 Å². The first-order valence-corrected chi connectivity index (χ1v) is 5.96. The molecule has 0 unspecified atom stereocenters. The van der Waals surface area contributed by atoms with Crippen LogP contribution in [0.1, 0.15) is 40.4 Å². The molecule has 0 aliphatic heterocycles. The van der Waals surface area contributed by atoms with Gasteiger partial charge >= 0.3 is 5.97 Å². The number of carboxylic acids is 1. The first-order chi connectivity index (χ1) is 8.66. The Balaban J connectivity index is 2.01. The molecule has 1 heterocycles. The van der Waals surface area contributed by atoms with Gasteiger partial charge in [0.25, 0.3) is 0 Å². The number of aromatic carboxylic acids is 1. The molecule has 4 nitrogen and oxygen atoms in total. The van der Waals surface area contributed by atoms with E-state index in [2.05, 4.69) is 5.16 Å². The fourth-order valence-electron chi connectivity index (χ4n) is 2.15. The minimum Gasteiger partial charge on any atom is -0.477 e. The molecule has 2 aromatic rings. The van der Waals surface area contributed by atoms with Crippen molar-refractivity contribution in [3.8, 4) is 11.3 Å². The highest BCUT2D eigenvalue weighted by molar-refractivity contribution is 5.95. The van der Waals surface area contributed by atoms with Gasteiger partial charge in [-0.1, -0.05) is 29.4 Å². The number of rotatable bonds is 3. The Kier molecular flexibility index (Phi) is 2.44. The average molecular weight is 243 g/mol. The molecule has 0 spiro atoms. The summed E-state index contributed by atoms with van der Waals surface area (Å²) in [6.45, 7) is 1.61. The van der Waals surface area contributed by atoms with Crippen LogP contribution in [0, 0.1) is 6.92 Å². The van der Waals surface area contributed by atoms with Gasteiger partial charge in [-0.15, -0.1) is 0 Å². The molecule has 1 fully saturated rings. The zero-order valence-corrected chi connectivity index (χ0v) is 10.0. The number of hydrogen-bond acceptors (Lipinski definition) is 3. The third-order valence-electron chi connectivity index (χ3n) is 3.31. The highest BCUT2D eigenvalue weighted by Crippen LogP contribution is 2.40. The van der Waals surface area contributed by atoms with Crippen LogP contribution in [0.5, 0.6) is 0 Å². The Morgan fingerprint density at radius 2 is 2.00 bits per heavy atom. The maximum absolute atomic E-state index is 11.2. The lowest BCUT2D eigenvalue weighted by Gasteiger charge is -2.01. The van der Waals surface area contributed by atoms with Gasteiger partial charge in [0.05, 0.1) is 0 Å². The smallest absolute Gasteiger partial charge is 0.341 e. The van der Waals surface area contributed by atoms with E-state index in [-0.39, 0.29) is 5.56 Å². The summed E-state index contributed by atoms with van der Waals surface area (Å²) >= 11 is 0. The molecule has 1 aliphatic carbocycles. The van der Waals surface area contributed by atoms with E-state index in [9.17, 15) is 4.79 Å². The lowest BCUT2D eigenvalue weighted by Crippen LogP contribution is -1.99. The predicted molar refractivity (Wildman–Crippen MR) is 65.6 cm³/mol. The van der Waals surface area contributed by atoms with Crippen molar-refractivity contribution in [2.75, 3.05) is 0 Å². The van der Waals surface area contributed by atoms with Crippen LogP contribution in [0.3, 0.4) is 0 Å². The molecule has 0 amide bonds. The minimum absolute atomic E-state index is 0.147. The van der Waals surface area contributed by atoms with E-state index in [1.165, 1.54) is 18.4 Å². The molecule has 92 valence electrons. The standard InChI is InChI=1S/C14H13NO3/c1-8-12(14(16)17)13(15-18-8)11-6-4-10(5-7-11)9-2-3-9/h4-7,9H,2-3H2,1H3,(H,16,17). The Hall–Kier alpha value is -2.10. The Morgan fingerprint density at radius 1 is 1.33 bits per heavy atom. The fourth-order valence-corrected chi connectivity index (χ4v) is 2.15. The largest absolute Gasteiger partial charge is 0.477 e. The summed E-state index contributed by atoms with van der Waals surface area (Å²) < 4.78 is 4.97. The van der Waals surface area contributed by atoms with E-state index < -0.39 is 5.97 Å². The number of carboxylic acid groups (broad SMARTS) is 1. The number of hydrogen-bond donors (Lipinski definition) is 1. The third-order valence-corrected chi connectivity index (χ3v) is 3.31. The van der Waals surface area contributed by atoms with Gasteiger partial charge in [0.1, 0.15) is 17.0 Å². The van der Waals surface area contributed by atoms with Gasteiger partial charge in [0.2, 0.25) is 0 Å². The molecule has 1 saturated carbocycles. The molecule has 4 heteroatoms. The summed E-state index contributed by atoms with van der Waals surface area (Å²) in [4.78, 5) is 11.2.